The van der Waals surface area contributed by atoms with Gasteiger partial charge in [0.2, 0.25) is 5.95 Å². The normalized spacial score (nSPS) is 22.9. The minimum absolute atomic E-state index is 0.0127. The van der Waals surface area contributed by atoms with Gasteiger partial charge in [0, 0.05) is 38.3 Å². The van der Waals surface area contributed by atoms with Crippen LogP contribution in [0, 0.1) is 0 Å². The number of anilines is 1. The van der Waals surface area contributed by atoms with Crippen LogP contribution in [-0.2, 0) is 30.7 Å². The minimum atomic E-state index is 0.0127. The summed E-state index contributed by atoms with van der Waals surface area (Å²) in [5.41, 5.74) is 4.44. The summed E-state index contributed by atoms with van der Waals surface area (Å²) >= 11 is 0. The van der Waals surface area contributed by atoms with Crippen LogP contribution in [0.4, 0.5) is 5.95 Å². The van der Waals surface area contributed by atoms with Crippen molar-refractivity contribution in [3.8, 4) is 0 Å². The van der Waals surface area contributed by atoms with Crippen LogP contribution in [0.15, 0.2) is 29.1 Å². The molecule has 0 saturated carbocycles. The van der Waals surface area contributed by atoms with Crippen LogP contribution in [0.25, 0.3) is 0 Å². The van der Waals surface area contributed by atoms with Crippen molar-refractivity contribution in [2.75, 3.05) is 24.5 Å². The van der Waals surface area contributed by atoms with Crippen LogP contribution in [0.2, 0.25) is 0 Å². The maximum Gasteiger partial charge on any atom is 0.255 e. The van der Waals surface area contributed by atoms with Crippen LogP contribution in [0.1, 0.15) is 43.2 Å². The molecule has 2 aliphatic heterocycles. The lowest BCUT2D eigenvalue weighted by Crippen LogP contribution is -2.47. The molecule has 0 amide bonds. The molecule has 150 valence electrons. The monoisotopic (exact) mass is 382 g/mol. The molecule has 0 aliphatic carbocycles. The van der Waals surface area contributed by atoms with E-state index in [2.05, 4.69) is 59.8 Å². The molecule has 3 heterocycles. The number of benzene rings is 1. The summed E-state index contributed by atoms with van der Waals surface area (Å²) in [5, 5.41) is 0. The van der Waals surface area contributed by atoms with Crippen LogP contribution in [-0.4, -0.2) is 46.7 Å². The number of hydrogen-bond donors (Lipinski definition) is 1. The SMILES string of the molecule is CCc1ccc(CN2CCc3c(nc(N4C[C@H](C)O[C@@H](C)C4)[nH]c3=O)C2)cc1. The second-order valence-electron chi connectivity index (χ2n) is 8.11. The molecule has 6 nitrogen and oxygen atoms in total. The Labute approximate surface area is 166 Å². The zero-order chi connectivity index (χ0) is 19.7. The molecule has 1 saturated heterocycles. The number of morpholine rings is 1. The number of ether oxygens (including phenoxy) is 1. The zero-order valence-electron chi connectivity index (χ0n) is 17.1. The lowest BCUT2D eigenvalue weighted by molar-refractivity contribution is -0.00576. The zero-order valence-corrected chi connectivity index (χ0v) is 17.1. The Morgan fingerprint density at radius 1 is 1.14 bits per heavy atom. The molecule has 2 atom stereocenters. The van der Waals surface area contributed by atoms with Crippen LogP contribution in [0.5, 0.6) is 0 Å². The second-order valence-corrected chi connectivity index (χ2v) is 8.11. The lowest BCUT2D eigenvalue weighted by atomic mass is 10.0. The van der Waals surface area contributed by atoms with Crippen molar-refractivity contribution in [2.24, 2.45) is 0 Å². The molecule has 0 bridgehead atoms. The molecule has 0 radical (unpaired) electrons. The van der Waals surface area contributed by atoms with Gasteiger partial charge < -0.3 is 9.64 Å². The first-order valence-electron chi connectivity index (χ1n) is 10.3. The summed E-state index contributed by atoms with van der Waals surface area (Å²) in [5.74, 6) is 0.680. The molecular formula is C22H30N4O2. The number of aromatic amines is 1. The third kappa shape index (κ3) is 4.13. The number of rotatable bonds is 4. The van der Waals surface area contributed by atoms with Gasteiger partial charge in [-0.15, -0.1) is 0 Å². The lowest BCUT2D eigenvalue weighted by Gasteiger charge is -2.36. The van der Waals surface area contributed by atoms with Gasteiger partial charge in [0.05, 0.1) is 17.9 Å². The molecule has 2 aliphatic rings. The first-order valence-corrected chi connectivity index (χ1v) is 10.3. The summed E-state index contributed by atoms with van der Waals surface area (Å²) < 4.78 is 5.81. The van der Waals surface area contributed by atoms with E-state index in [4.69, 9.17) is 9.72 Å². The van der Waals surface area contributed by atoms with E-state index in [1.54, 1.807) is 0 Å². The standard InChI is InChI=1S/C22H30N4O2/c1-4-17-5-7-18(8-6-17)13-25-10-9-19-20(14-25)23-22(24-21(19)27)26-11-15(2)28-16(3)12-26/h5-8,15-16H,4,9-14H2,1-3H3,(H,23,24,27)/t15-,16-/m0/s1. The third-order valence-corrected chi connectivity index (χ3v) is 5.70. The van der Waals surface area contributed by atoms with Crippen molar-refractivity contribution in [1.29, 1.82) is 0 Å². The molecule has 1 aromatic carbocycles. The van der Waals surface area contributed by atoms with Gasteiger partial charge in [-0.25, -0.2) is 4.98 Å². The van der Waals surface area contributed by atoms with Crippen molar-refractivity contribution in [3.05, 3.63) is 57.0 Å². The third-order valence-electron chi connectivity index (χ3n) is 5.70. The second kappa shape index (κ2) is 8.05. The van der Waals surface area contributed by atoms with E-state index in [-0.39, 0.29) is 17.8 Å². The molecule has 6 heteroatoms. The van der Waals surface area contributed by atoms with Crippen molar-refractivity contribution >= 4 is 5.95 Å². The number of aryl methyl sites for hydroxylation is 1. The summed E-state index contributed by atoms with van der Waals surface area (Å²) in [6, 6.07) is 8.83. The Morgan fingerprint density at radius 2 is 1.82 bits per heavy atom. The number of hydrogen-bond acceptors (Lipinski definition) is 5. The minimum Gasteiger partial charge on any atom is -0.372 e. The topological polar surface area (TPSA) is 61.5 Å². The number of H-pyrrole nitrogens is 1. The van der Waals surface area contributed by atoms with Gasteiger partial charge in [-0.2, -0.15) is 0 Å². The number of nitrogens with one attached hydrogen (secondary N) is 1. The molecule has 1 aromatic heterocycles. The Hall–Kier alpha value is -2.18. The van der Waals surface area contributed by atoms with Gasteiger partial charge in [-0.1, -0.05) is 31.2 Å². The summed E-state index contributed by atoms with van der Waals surface area (Å²) in [4.78, 5) is 25.0. The highest BCUT2D eigenvalue weighted by atomic mass is 16.5. The summed E-state index contributed by atoms with van der Waals surface area (Å²) in [7, 11) is 0. The largest absolute Gasteiger partial charge is 0.372 e. The van der Waals surface area contributed by atoms with Crippen molar-refractivity contribution < 1.29 is 4.74 Å². The van der Waals surface area contributed by atoms with Crippen LogP contribution < -0.4 is 10.5 Å². The van der Waals surface area contributed by atoms with Gasteiger partial charge in [0.1, 0.15) is 0 Å². The van der Waals surface area contributed by atoms with E-state index in [0.717, 1.165) is 56.8 Å². The van der Waals surface area contributed by atoms with Gasteiger partial charge in [-0.3, -0.25) is 14.7 Å². The van der Waals surface area contributed by atoms with E-state index >= 15 is 0 Å². The molecule has 28 heavy (non-hydrogen) atoms. The van der Waals surface area contributed by atoms with E-state index in [1.165, 1.54) is 11.1 Å². The summed E-state index contributed by atoms with van der Waals surface area (Å²) in [6.07, 6.45) is 2.08. The van der Waals surface area contributed by atoms with Gasteiger partial charge in [-0.05, 0) is 37.8 Å². The molecule has 1 fully saturated rings. The Kier molecular flexibility index (Phi) is 5.51. The molecule has 0 spiro atoms. The average molecular weight is 383 g/mol. The highest BCUT2D eigenvalue weighted by Gasteiger charge is 2.26. The molecular weight excluding hydrogens is 352 g/mol. The van der Waals surface area contributed by atoms with Gasteiger partial charge in [0.25, 0.3) is 5.56 Å². The molecule has 1 N–H and O–H groups in total. The van der Waals surface area contributed by atoms with Gasteiger partial charge in [0.15, 0.2) is 0 Å². The van der Waals surface area contributed by atoms with E-state index in [0.29, 0.717) is 5.95 Å². The maximum atomic E-state index is 12.7. The first-order chi connectivity index (χ1) is 13.5. The fraction of sp³-hybridized carbons (Fsp3) is 0.545. The Bertz CT molecular complexity index is 867. The highest BCUT2D eigenvalue weighted by molar-refractivity contribution is 5.35. The Morgan fingerprint density at radius 3 is 2.50 bits per heavy atom. The van der Waals surface area contributed by atoms with Gasteiger partial charge >= 0.3 is 0 Å². The smallest absolute Gasteiger partial charge is 0.255 e. The summed E-state index contributed by atoms with van der Waals surface area (Å²) in [6.45, 7) is 10.3. The molecule has 0 unspecified atom stereocenters. The van der Waals surface area contributed by atoms with E-state index in [1.807, 2.05) is 0 Å². The fourth-order valence-electron chi connectivity index (χ4n) is 4.25. The van der Waals surface area contributed by atoms with Crippen LogP contribution >= 0.6 is 0 Å². The van der Waals surface area contributed by atoms with Crippen molar-refractivity contribution in [2.45, 2.75) is 58.9 Å². The number of aromatic nitrogens is 2. The predicted octanol–water partition coefficient (Wildman–Crippen LogP) is 2.50. The van der Waals surface area contributed by atoms with Crippen LogP contribution in [0.3, 0.4) is 0 Å². The first kappa shape index (κ1) is 19.2. The molecule has 4 rings (SSSR count). The predicted molar refractivity (Wildman–Crippen MR) is 111 cm³/mol. The fourth-order valence-corrected chi connectivity index (χ4v) is 4.25. The number of nitrogens with zero attached hydrogens (tertiary/aromatic N) is 3. The van der Waals surface area contributed by atoms with Crippen molar-refractivity contribution in [3.63, 3.8) is 0 Å². The average Bonchev–Trinajstić information content (AvgIpc) is 2.67. The van der Waals surface area contributed by atoms with E-state index in [9.17, 15) is 4.79 Å². The maximum absolute atomic E-state index is 12.7. The number of fused-ring (bicyclic) bond motifs is 1. The van der Waals surface area contributed by atoms with Crippen molar-refractivity contribution in [1.82, 2.24) is 14.9 Å². The quantitative estimate of drug-likeness (QED) is 0.880. The highest BCUT2D eigenvalue weighted by Crippen LogP contribution is 2.21. The Balaban J connectivity index is 1.52. The van der Waals surface area contributed by atoms with E-state index < -0.39 is 0 Å². The molecule has 2 aromatic rings.